The molecule has 0 amide bonds. The van der Waals surface area contributed by atoms with Gasteiger partial charge in [0, 0.05) is 41.6 Å². The number of hydrogen-bond donors (Lipinski definition) is 1. The topological polar surface area (TPSA) is 29.9 Å². The number of benzene rings is 1. The van der Waals surface area contributed by atoms with Crippen LogP contribution in [0, 0.1) is 5.82 Å². The molecule has 1 aromatic carbocycles. The molecular formula is C13H15BrFN3. The van der Waals surface area contributed by atoms with Crippen LogP contribution in [-0.2, 0) is 13.1 Å². The second kappa shape index (κ2) is 6.11. The van der Waals surface area contributed by atoms with Crippen molar-refractivity contribution in [3.63, 3.8) is 0 Å². The standard InChI is InChI=1S/C13H15BrFN3/c1-10(8-18-5-4-16-9-18)17-7-11-6-12(14)2-3-13(11)15/h2-6,9-10,17H,7-8H2,1H3. The fourth-order valence-corrected chi connectivity index (χ4v) is 2.15. The summed E-state index contributed by atoms with van der Waals surface area (Å²) in [5.74, 6) is -0.180. The number of nitrogens with zero attached hydrogens (tertiary/aromatic N) is 2. The molecule has 1 unspecified atom stereocenters. The predicted molar refractivity (Wildman–Crippen MR) is 72.6 cm³/mol. The quantitative estimate of drug-likeness (QED) is 0.920. The highest BCUT2D eigenvalue weighted by atomic mass is 79.9. The van der Waals surface area contributed by atoms with E-state index in [0.29, 0.717) is 12.1 Å². The molecular weight excluding hydrogens is 297 g/mol. The van der Waals surface area contributed by atoms with Crippen molar-refractivity contribution in [3.05, 3.63) is 52.8 Å². The van der Waals surface area contributed by atoms with E-state index in [2.05, 4.69) is 33.2 Å². The maximum absolute atomic E-state index is 13.5. The van der Waals surface area contributed by atoms with Crippen LogP contribution in [0.1, 0.15) is 12.5 Å². The van der Waals surface area contributed by atoms with Gasteiger partial charge in [-0.1, -0.05) is 15.9 Å². The van der Waals surface area contributed by atoms with Gasteiger partial charge >= 0.3 is 0 Å². The molecule has 5 heteroatoms. The second-order valence-electron chi connectivity index (χ2n) is 4.28. The molecule has 0 saturated heterocycles. The summed E-state index contributed by atoms with van der Waals surface area (Å²) < 4.78 is 16.4. The molecule has 2 aromatic rings. The summed E-state index contributed by atoms with van der Waals surface area (Å²) in [6.45, 7) is 3.40. The van der Waals surface area contributed by atoms with Crippen molar-refractivity contribution in [1.29, 1.82) is 0 Å². The van der Waals surface area contributed by atoms with Crippen LogP contribution < -0.4 is 5.32 Å². The zero-order valence-electron chi connectivity index (χ0n) is 10.1. The van der Waals surface area contributed by atoms with E-state index in [9.17, 15) is 4.39 Å². The molecule has 0 bridgehead atoms. The second-order valence-corrected chi connectivity index (χ2v) is 5.19. The molecule has 0 saturated carbocycles. The third-order valence-electron chi connectivity index (χ3n) is 2.69. The third-order valence-corrected chi connectivity index (χ3v) is 3.19. The Hall–Kier alpha value is -1.20. The minimum absolute atomic E-state index is 0.180. The van der Waals surface area contributed by atoms with Gasteiger partial charge in [-0.05, 0) is 25.1 Å². The molecule has 18 heavy (non-hydrogen) atoms. The number of nitrogens with one attached hydrogen (secondary N) is 1. The van der Waals surface area contributed by atoms with Crippen LogP contribution in [0.2, 0.25) is 0 Å². The van der Waals surface area contributed by atoms with Gasteiger partial charge in [0.1, 0.15) is 5.82 Å². The lowest BCUT2D eigenvalue weighted by Gasteiger charge is -2.14. The first-order chi connectivity index (χ1) is 8.65. The maximum atomic E-state index is 13.5. The molecule has 0 fully saturated rings. The number of aromatic nitrogens is 2. The molecule has 2 rings (SSSR count). The minimum Gasteiger partial charge on any atom is -0.336 e. The molecule has 0 aliphatic heterocycles. The van der Waals surface area contributed by atoms with Crippen molar-refractivity contribution in [2.45, 2.75) is 26.1 Å². The van der Waals surface area contributed by atoms with Gasteiger partial charge in [0.25, 0.3) is 0 Å². The molecule has 0 aliphatic rings. The van der Waals surface area contributed by atoms with Crippen molar-refractivity contribution < 1.29 is 4.39 Å². The summed E-state index contributed by atoms with van der Waals surface area (Å²) in [7, 11) is 0. The Morgan fingerprint density at radius 1 is 1.50 bits per heavy atom. The van der Waals surface area contributed by atoms with Crippen molar-refractivity contribution in [2.24, 2.45) is 0 Å². The zero-order valence-corrected chi connectivity index (χ0v) is 11.7. The average Bonchev–Trinajstić information content (AvgIpc) is 2.83. The normalized spacial score (nSPS) is 12.6. The van der Waals surface area contributed by atoms with Crippen LogP contribution in [0.4, 0.5) is 4.39 Å². The monoisotopic (exact) mass is 311 g/mol. The van der Waals surface area contributed by atoms with Gasteiger partial charge in [-0.25, -0.2) is 9.37 Å². The minimum atomic E-state index is -0.180. The van der Waals surface area contributed by atoms with Crippen molar-refractivity contribution >= 4 is 15.9 Å². The molecule has 0 aliphatic carbocycles. The Balaban J connectivity index is 1.89. The van der Waals surface area contributed by atoms with Gasteiger partial charge in [-0.2, -0.15) is 0 Å². The van der Waals surface area contributed by atoms with E-state index >= 15 is 0 Å². The molecule has 0 spiro atoms. The summed E-state index contributed by atoms with van der Waals surface area (Å²) in [6.07, 6.45) is 5.44. The number of hydrogen-bond acceptors (Lipinski definition) is 2. The van der Waals surface area contributed by atoms with Gasteiger partial charge in [-0.3, -0.25) is 0 Å². The van der Waals surface area contributed by atoms with Crippen LogP contribution >= 0.6 is 15.9 Å². The summed E-state index contributed by atoms with van der Waals surface area (Å²) in [6, 6.07) is 5.22. The van der Waals surface area contributed by atoms with Crippen LogP contribution in [-0.4, -0.2) is 15.6 Å². The number of halogens is 2. The number of imidazole rings is 1. The Kier molecular flexibility index (Phi) is 4.49. The van der Waals surface area contributed by atoms with E-state index in [1.54, 1.807) is 24.7 Å². The van der Waals surface area contributed by atoms with E-state index in [4.69, 9.17) is 0 Å². The highest BCUT2D eigenvalue weighted by Crippen LogP contribution is 2.15. The van der Waals surface area contributed by atoms with Crippen molar-refractivity contribution in [1.82, 2.24) is 14.9 Å². The summed E-state index contributed by atoms with van der Waals surface area (Å²) in [5.41, 5.74) is 0.668. The first kappa shape index (κ1) is 13.2. The first-order valence-electron chi connectivity index (χ1n) is 5.78. The van der Waals surface area contributed by atoms with E-state index < -0.39 is 0 Å². The summed E-state index contributed by atoms with van der Waals surface area (Å²) in [4.78, 5) is 3.99. The lowest BCUT2D eigenvalue weighted by molar-refractivity contribution is 0.468. The van der Waals surface area contributed by atoms with Gasteiger partial charge in [0.05, 0.1) is 6.33 Å². The third kappa shape index (κ3) is 3.65. The van der Waals surface area contributed by atoms with Crippen LogP contribution in [0.25, 0.3) is 0 Å². The SMILES string of the molecule is CC(Cn1ccnc1)NCc1cc(Br)ccc1F. The van der Waals surface area contributed by atoms with Crippen molar-refractivity contribution in [3.8, 4) is 0 Å². The summed E-state index contributed by atoms with van der Waals surface area (Å²) in [5, 5.41) is 3.30. The smallest absolute Gasteiger partial charge is 0.127 e. The fraction of sp³-hybridized carbons (Fsp3) is 0.308. The van der Waals surface area contributed by atoms with Crippen LogP contribution in [0.5, 0.6) is 0 Å². The lowest BCUT2D eigenvalue weighted by Crippen LogP contribution is -2.29. The Bertz CT molecular complexity index is 499. The van der Waals surface area contributed by atoms with Gasteiger partial charge in [-0.15, -0.1) is 0 Å². The Morgan fingerprint density at radius 3 is 3.06 bits per heavy atom. The molecule has 1 aromatic heterocycles. The maximum Gasteiger partial charge on any atom is 0.127 e. The van der Waals surface area contributed by atoms with Gasteiger partial charge < -0.3 is 9.88 Å². The van der Waals surface area contributed by atoms with Crippen molar-refractivity contribution in [2.75, 3.05) is 0 Å². The largest absolute Gasteiger partial charge is 0.336 e. The summed E-state index contributed by atoms with van der Waals surface area (Å²) >= 11 is 3.35. The number of rotatable bonds is 5. The molecule has 1 heterocycles. The molecule has 1 N–H and O–H groups in total. The van der Waals surface area contributed by atoms with E-state index in [0.717, 1.165) is 11.0 Å². The zero-order chi connectivity index (χ0) is 13.0. The Morgan fingerprint density at radius 2 is 2.33 bits per heavy atom. The van der Waals surface area contributed by atoms with E-state index in [1.807, 2.05) is 10.8 Å². The molecule has 0 radical (unpaired) electrons. The highest BCUT2D eigenvalue weighted by Gasteiger charge is 2.06. The van der Waals surface area contributed by atoms with E-state index in [-0.39, 0.29) is 11.9 Å². The lowest BCUT2D eigenvalue weighted by atomic mass is 10.2. The first-order valence-corrected chi connectivity index (χ1v) is 6.57. The Labute approximate surface area is 114 Å². The van der Waals surface area contributed by atoms with Gasteiger partial charge in [0.15, 0.2) is 0 Å². The van der Waals surface area contributed by atoms with Gasteiger partial charge in [0.2, 0.25) is 0 Å². The molecule has 1 atom stereocenters. The molecule has 3 nitrogen and oxygen atoms in total. The molecule has 96 valence electrons. The highest BCUT2D eigenvalue weighted by molar-refractivity contribution is 9.10. The van der Waals surface area contributed by atoms with Crippen LogP contribution in [0.15, 0.2) is 41.4 Å². The predicted octanol–water partition coefficient (Wildman–Crippen LogP) is 2.96. The fourth-order valence-electron chi connectivity index (χ4n) is 1.74. The van der Waals surface area contributed by atoms with Crippen LogP contribution in [0.3, 0.4) is 0 Å². The average molecular weight is 312 g/mol. The van der Waals surface area contributed by atoms with E-state index in [1.165, 1.54) is 6.07 Å².